The van der Waals surface area contributed by atoms with Crippen LogP contribution in [0.1, 0.15) is 11.1 Å². The molecule has 0 fully saturated rings. The first-order chi connectivity index (χ1) is 12.1. The Kier molecular flexibility index (Phi) is 4.15. The summed E-state index contributed by atoms with van der Waals surface area (Å²) in [6, 6.07) is 16.1. The van der Waals surface area contributed by atoms with Gasteiger partial charge in [-0.3, -0.25) is 4.79 Å². The maximum atomic E-state index is 12.6. The zero-order valence-electron chi connectivity index (χ0n) is 13.8. The summed E-state index contributed by atoms with van der Waals surface area (Å²) in [7, 11) is 0. The molecular formula is C19H15N3OS2. The summed E-state index contributed by atoms with van der Waals surface area (Å²) in [6.45, 7) is 2.02. The minimum atomic E-state index is -0.125. The molecule has 0 amide bonds. The van der Waals surface area contributed by atoms with E-state index in [9.17, 15) is 4.79 Å². The second-order valence-corrected chi connectivity index (χ2v) is 7.58. The summed E-state index contributed by atoms with van der Waals surface area (Å²) in [5, 5.41) is 4.39. The standard InChI is InChI=1S/C19H15N3OS2/c1-12-4-3-5-14(10-12)17-20-19-22(21-17)18(23)16(25-19)11-13-6-8-15(24-2)9-7-13/h3-11H,1-2H3. The van der Waals surface area contributed by atoms with Gasteiger partial charge in [0.25, 0.3) is 5.56 Å². The van der Waals surface area contributed by atoms with E-state index in [2.05, 4.69) is 10.1 Å². The number of rotatable bonds is 3. The largest absolute Gasteiger partial charge is 0.291 e. The Hall–Kier alpha value is -2.44. The highest BCUT2D eigenvalue weighted by Crippen LogP contribution is 2.18. The molecule has 0 aliphatic rings. The lowest BCUT2D eigenvalue weighted by molar-refractivity contribution is 0.936. The minimum absolute atomic E-state index is 0.125. The Labute approximate surface area is 152 Å². The molecule has 0 saturated heterocycles. The van der Waals surface area contributed by atoms with Gasteiger partial charge in [0.05, 0.1) is 4.53 Å². The van der Waals surface area contributed by atoms with Gasteiger partial charge in [0.1, 0.15) is 0 Å². The zero-order valence-corrected chi connectivity index (χ0v) is 15.4. The monoisotopic (exact) mass is 365 g/mol. The molecule has 2 aromatic carbocycles. The molecule has 0 spiro atoms. The van der Waals surface area contributed by atoms with Gasteiger partial charge in [-0.05, 0) is 43.0 Å². The molecule has 0 aliphatic heterocycles. The number of hydrogen-bond acceptors (Lipinski definition) is 5. The van der Waals surface area contributed by atoms with Gasteiger partial charge in [-0.25, -0.2) is 0 Å². The second kappa shape index (κ2) is 6.46. The third-order valence-electron chi connectivity index (χ3n) is 3.87. The maximum Gasteiger partial charge on any atom is 0.291 e. The van der Waals surface area contributed by atoms with Crippen LogP contribution in [0.4, 0.5) is 0 Å². The summed E-state index contributed by atoms with van der Waals surface area (Å²) in [4.78, 5) is 18.9. The van der Waals surface area contributed by atoms with E-state index < -0.39 is 0 Å². The lowest BCUT2D eigenvalue weighted by Gasteiger charge is -1.96. The Bertz CT molecular complexity index is 1160. The molecule has 2 heterocycles. The fourth-order valence-corrected chi connectivity index (χ4v) is 3.91. The number of benzene rings is 2. The van der Waals surface area contributed by atoms with Crippen LogP contribution in [-0.2, 0) is 0 Å². The fraction of sp³-hybridized carbons (Fsp3) is 0.105. The van der Waals surface area contributed by atoms with Crippen molar-refractivity contribution in [3.63, 3.8) is 0 Å². The molecule has 0 N–H and O–H groups in total. The van der Waals surface area contributed by atoms with E-state index >= 15 is 0 Å². The van der Waals surface area contributed by atoms with Crippen LogP contribution < -0.4 is 10.1 Å². The predicted molar refractivity (Wildman–Crippen MR) is 104 cm³/mol. The molecule has 0 saturated carbocycles. The minimum Gasteiger partial charge on any atom is -0.266 e. The molecule has 25 heavy (non-hydrogen) atoms. The van der Waals surface area contributed by atoms with E-state index in [0.717, 1.165) is 16.7 Å². The van der Waals surface area contributed by atoms with Crippen LogP contribution >= 0.6 is 23.1 Å². The number of thiazole rings is 1. The number of thioether (sulfide) groups is 1. The van der Waals surface area contributed by atoms with Gasteiger partial charge in [-0.1, -0.05) is 47.2 Å². The van der Waals surface area contributed by atoms with Crippen molar-refractivity contribution >= 4 is 34.1 Å². The average molecular weight is 365 g/mol. The van der Waals surface area contributed by atoms with Crippen LogP contribution in [0.2, 0.25) is 0 Å². The topological polar surface area (TPSA) is 47.3 Å². The Morgan fingerprint density at radius 2 is 1.96 bits per heavy atom. The molecule has 4 rings (SSSR count). The predicted octanol–water partition coefficient (Wildman–Crippen LogP) is 3.40. The van der Waals surface area contributed by atoms with Crippen LogP contribution in [0.5, 0.6) is 0 Å². The summed E-state index contributed by atoms with van der Waals surface area (Å²) in [5.74, 6) is 0.586. The van der Waals surface area contributed by atoms with Gasteiger partial charge < -0.3 is 0 Å². The van der Waals surface area contributed by atoms with Crippen LogP contribution in [0.3, 0.4) is 0 Å². The molecule has 0 aliphatic carbocycles. The van der Waals surface area contributed by atoms with E-state index in [1.54, 1.807) is 11.8 Å². The highest BCUT2D eigenvalue weighted by atomic mass is 32.2. The van der Waals surface area contributed by atoms with Gasteiger partial charge >= 0.3 is 0 Å². The van der Waals surface area contributed by atoms with Crippen LogP contribution in [-0.4, -0.2) is 20.9 Å². The van der Waals surface area contributed by atoms with Gasteiger partial charge in [0, 0.05) is 10.5 Å². The van der Waals surface area contributed by atoms with E-state index in [1.165, 1.54) is 20.7 Å². The summed E-state index contributed by atoms with van der Waals surface area (Å²) >= 11 is 3.06. The van der Waals surface area contributed by atoms with Crippen LogP contribution in [0.15, 0.2) is 58.2 Å². The van der Waals surface area contributed by atoms with E-state index in [-0.39, 0.29) is 5.56 Å². The van der Waals surface area contributed by atoms with Gasteiger partial charge in [0.15, 0.2) is 5.82 Å². The number of aryl methyl sites for hydroxylation is 1. The molecule has 0 atom stereocenters. The molecule has 4 nitrogen and oxygen atoms in total. The van der Waals surface area contributed by atoms with Crippen molar-refractivity contribution in [3.8, 4) is 11.4 Å². The molecule has 4 aromatic rings. The average Bonchev–Trinajstić information content (AvgIpc) is 3.16. The summed E-state index contributed by atoms with van der Waals surface area (Å²) in [6.07, 6.45) is 3.93. The first-order valence-electron chi connectivity index (χ1n) is 7.76. The van der Waals surface area contributed by atoms with Gasteiger partial charge in [-0.2, -0.15) is 9.50 Å². The van der Waals surface area contributed by atoms with Gasteiger partial charge in [-0.15, -0.1) is 16.9 Å². The normalized spacial score (nSPS) is 12.2. The lowest BCUT2D eigenvalue weighted by Crippen LogP contribution is -2.23. The van der Waals surface area contributed by atoms with Crippen LogP contribution in [0, 0.1) is 6.92 Å². The summed E-state index contributed by atoms with van der Waals surface area (Å²) in [5.41, 5.74) is 2.94. The van der Waals surface area contributed by atoms with Crippen molar-refractivity contribution in [2.45, 2.75) is 11.8 Å². The summed E-state index contributed by atoms with van der Waals surface area (Å²) < 4.78 is 2.03. The van der Waals surface area contributed by atoms with Crippen molar-refractivity contribution in [2.75, 3.05) is 6.26 Å². The van der Waals surface area contributed by atoms with Crippen molar-refractivity contribution in [2.24, 2.45) is 0 Å². The van der Waals surface area contributed by atoms with Crippen molar-refractivity contribution < 1.29 is 0 Å². The molecule has 0 radical (unpaired) electrons. The first-order valence-corrected chi connectivity index (χ1v) is 9.80. The highest BCUT2D eigenvalue weighted by molar-refractivity contribution is 7.98. The van der Waals surface area contributed by atoms with E-state index in [4.69, 9.17) is 0 Å². The van der Waals surface area contributed by atoms with Crippen LogP contribution in [0.25, 0.3) is 22.4 Å². The lowest BCUT2D eigenvalue weighted by atomic mass is 10.1. The van der Waals surface area contributed by atoms with Crippen molar-refractivity contribution in [3.05, 3.63) is 74.5 Å². The fourth-order valence-electron chi connectivity index (χ4n) is 2.59. The van der Waals surface area contributed by atoms with Crippen molar-refractivity contribution in [1.82, 2.24) is 14.6 Å². The number of hydrogen-bond donors (Lipinski definition) is 0. The first kappa shape index (κ1) is 16.1. The quantitative estimate of drug-likeness (QED) is 0.522. The number of aromatic nitrogens is 3. The molecule has 124 valence electrons. The zero-order chi connectivity index (χ0) is 17.4. The third kappa shape index (κ3) is 3.10. The second-order valence-electron chi connectivity index (χ2n) is 5.69. The smallest absolute Gasteiger partial charge is 0.266 e. The maximum absolute atomic E-state index is 12.6. The third-order valence-corrected chi connectivity index (χ3v) is 5.57. The molecule has 0 unspecified atom stereocenters. The molecule has 0 bridgehead atoms. The highest BCUT2D eigenvalue weighted by Gasteiger charge is 2.11. The van der Waals surface area contributed by atoms with Crippen molar-refractivity contribution in [1.29, 1.82) is 0 Å². The SMILES string of the molecule is CSc1ccc(C=c2sc3nc(-c4cccc(C)c4)nn3c2=O)cc1. The molecule has 6 heteroatoms. The Morgan fingerprint density at radius 3 is 2.64 bits per heavy atom. The Morgan fingerprint density at radius 1 is 1.16 bits per heavy atom. The number of fused-ring (bicyclic) bond motifs is 1. The molecular weight excluding hydrogens is 350 g/mol. The number of nitrogens with zero attached hydrogens (tertiary/aromatic N) is 3. The molecule has 2 aromatic heterocycles. The van der Waals surface area contributed by atoms with E-state index in [1.807, 2.05) is 67.8 Å². The Balaban J connectivity index is 1.77. The van der Waals surface area contributed by atoms with Gasteiger partial charge in [0.2, 0.25) is 4.96 Å². The van der Waals surface area contributed by atoms with E-state index in [0.29, 0.717) is 15.3 Å².